The molecule has 4 N–H and O–H groups in total. The molecule has 106 valence electrons. The molecule has 1 fully saturated rings. The van der Waals surface area contributed by atoms with Crippen molar-refractivity contribution in [1.82, 2.24) is 0 Å². The van der Waals surface area contributed by atoms with Crippen LogP contribution in [0.5, 0.6) is 0 Å². The molecule has 4 nitrogen and oxygen atoms in total. The topological polar surface area (TPSA) is 75.7 Å². The van der Waals surface area contributed by atoms with E-state index < -0.39 is 12.2 Å². The second-order valence-corrected chi connectivity index (χ2v) is 5.35. The van der Waals surface area contributed by atoms with Gasteiger partial charge in [-0.2, -0.15) is 0 Å². The molecule has 19 heavy (non-hydrogen) atoms. The summed E-state index contributed by atoms with van der Waals surface area (Å²) in [6.45, 7) is 0.206. The largest absolute Gasteiger partial charge is 0.390 e. The van der Waals surface area contributed by atoms with E-state index in [-0.39, 0.29) is 18.8 Å². The fraction of sp³-hybridized carbons (Fsp3) is 0.600. The summed E-state index contributed by atoms with van der Waals surface area (Å²) in [5.41, 5.74) is 7.40. The van der Waals surface area contributed by atoms with Crippen molar-refractivity contribution in [2.24, 2.45) is 5.73 Å². The number of benzene rings is 1. The molecule has 0 aliphatic carbocycles. The molecule has 0 spiro atoms. The lowest BCUT2D eigenvalue weighted by atomic mass is 9.95. The molecular weight excluding hydrogens is 242 g/mol. The highest BCUT2D eigenvalue weighted by Crippen LogP contribution is 2.19. The maximum absolute atomic E-state index is 9.60. The average Bonchev–Trinajstić information content (AvgIpc) is 2.42. The van der Waals surface area contributed by atoms with Crippen molar-refractivity contribution in [3.63, 3.8) is 0 Å². The number of rotatable bonds is 5. The Bertz CT molecular complexity index is 371. The maximum Gasteiger partial charge on any atom is 0.103 e. The first-order chi connectivity index (χ1) is 9.15. The molecule has 1 aliphatic rings. The van der Waals surface area contributed by atoms with Crippen molar-refractivity contribution in [1.29, 1.82) is 0 Å². The molecule has 4 atom stereocenters. The van der Waals surface area contributed by atoms with Gasteiger partial charge in [0.25, 0.3) is 0 Å². The zero-order chi connectivity index (χ0) is 13.7. The van der Waals surface area contributed by atoms with E-state index in [1.807, 2.05) is 18.2 Å². The molecule has 0 amide bonds. The summed E-state index contributed by atoms with van der Waals surface area (Å²) in [6.07, 6.45) is 1.60. The Hall–Kier alpha value is -0.940. The van der Waals surface area contributed by atoms with E-state index in [0.717, 1.165) is 19.3 Å². The smallest absolute Gasteiger partial charge is 0.103 e. The molecule has 2 rings (SSSR count). The van der Waals surface area contributed by atoms with Gasteiger partial charge in [0, 0.05) is 12.5 Å². The van der Waals surface area contributed by atoms with Gasteiger partial charge in [-0.1, -0.05) is 30.3 Å². The third kappa shape index (κ3) is 4.58. The minimum Gasteiger partial charge on any atom is -0.390 e. The number of aliphatic hydroxyl groups excluding tert-OH is 2. The summed E-state index contributed by atoms with van der Waals surface area (Å²) in [5, 5.41) is 19.0. The van der Waals surface area contributed by atoms with E-state index in [9.17, 15) is 10.2 Å². The maximum atomic E-state index is 9.60. The molecule has 4 heteroatoms. The summed E-state index contributed by atoms with van der Waals surface area (Å²) in [6, 6.07) is 10.3. The van der Waals surface area contributed by atoms with E-state index >= 15 is 0 Å². The van der Waals surface area contributed by atoms with Crippen molar-refractivity contribution < 1.29 is 14.9 Å². The average molecular weight is 265 g/mol. The molecule has 0 bridgehead atoms. The number of ether oxygens (including phenoxy) is 1. The van der Waals surface area contributed by atoms with Gasteiger partial charge >= 0.3 is 0 Å². The minimum atomic E-state index is -0.753. The highest BCUT2D eigenvalue weighted by Gasteiger charge is 2.29. The fourth-order valence-electron chi connectivity index (χ4n) is 2.46. The van der Waals surface area contributed by atoms with Gasteiger partial charge in [0.05, 0.1) is 18.8 Å². The van der Waals surface area contributed by atoms with Gasteiger partial charge in [-0.15, -0.1) is 0 Å². The summed E-state index contributed by atoms with van der Waals surface area (Å²) in [5.74, 6) is 0. The normalized spacial score (nSPS) is 29.1. The summed E-state index contributed by atoms with van der Waals surface area (Å²) < 4.78 is 5.49. The van der Waals surface area contributed by atoms with E-state index in [2.05, 4.69) is 12.1 Å². The Morgan fingerprint density at radius 1 is 1.21 bits per heavy atom. The molecule has 1 aromatic carbocycles. The Kier molecular flexibility index (Phi) is 5.34. The third-order valence-electron chi connectivity index (χ3n) is 3.66. The van der Waals surface area contributed by atoms with Crippen molar-refractivity contribution in [2.45, 2.75) is 50.0 Å². The Morgan fingerprint density at radius 2 is 1.95 bits per heavy atom. The number of nitrogens with two attached hydrogens (primary N) is 1. The van der Waals surface area contributed by atoms with Crippen LogP contribution in [0.4, 0.5) is 0 Å². The third-order valence-corrected chi connectivity index (χ3v) is 3.66. The van der Waals surface area contributed by atoms with Gasteiger partial charge in [0.2, 0.25) is 0 Å². The van der Waals surface area contributed by atoms with Crippen LogP contribution in [0.2, 0.25) is 0 Å². The molecule has 1 aromatic rings. The standard InChI is InChI=1S/C15H23NO3/c16-12(7-6-11-4-2-1-3-5-11)8-13-9-14(17)15(18)10-19-13/h1-5,12-15,17-18H,6-10,16H2. The molecule has 1 saturated heterocycles. The summed E-state index contributed by atoms with van der Waals surface area (Å²) in [7, 11) is 0. The molecular formula is C15H23NO3. The number of aliphatic hydroxyl groups is 2. The van der Waals surface area contributed by atoms with Gasteiger partial charge in [-0.05, 0) is 24.8 Å². The van der Waals surface area contributed by atoms with Gasteiger partial charge in [0.15, 0.2) is 0 Å². The number of hydrogen-bond acceptors (Lipinski definition) is 4. The lowest BCUT2D eigenvalue weighted by molar-refractivity contribution is -0.123. The predicted molar refractivity (Wildman–Crippen MR) is 73.7 cm³/mol. The second kappa shape index (κ2) is 7.01. The lowest BCUT2D eigenvalue weighted by Gasteiger charge is -2.31. The second-order valence-electron chi connectivity index (χ2n) is 5.35. The van der Waals surface area contributed by atoms with Crippen LogP contribution in [0.15, 0.2) is 30.3 Å². The first-order valence-electron chi connectivity index (χ1n) is 6.92. The van der Waals surface area contributed by atoms with E-state index in [4.69, 9.17) is 10.5 Å². The Morgan fingerprint density at radius 3 is 2.63 bits per heavy atom. The van der Waals surface area contributed by atoms with Crippen LogP contribution < -0.4 is 5.73 Å². The zero-order valence-corrected chi connectivity index (χ0v) is 11.1. The van der Waals surface area contributed by atoms with Crippen LogP contribution in [0.25, 0.3) is 0 Å². The van der Waals surface area contributed by atoms with Crippen LogP contribution >= 0.6 is 0 Å². The SMILES string of the molecule is NC(CCc1ccccc1)CC1CC(O)C(O)CO1. The zero-order valence-electron chi connectivity index (χ0n) is 11.1. The predicted octanol–water partition coefficient (Wildman–Crippen LogP) is 0.847. The lowest BCUT2D eigenvalue weighted by Crippen LogP contribution is -2.43. The van der Waals surface area contributed by atoms with Gasteiger partial charge in [-0.3, -0.25) is 0 Å². The van der Waals surface area contributed by atoms with Crippen LogP contribution in [0.1, 0.15) is 24.8 Å². The van der Waals surface area contributed by atoms with Crippen molar-refractivity contribution in [3.05, 3.63) is 35.9 Å². The molecule has 1 heterocycles. The van der Waals surface area contributed by atoms with Crippen molar-refractivity contribution in [2.75, 3.05) is 6.61 Å². The van der Waals surface area contributed by atoms with Gasteiger partial charge < -0.3 is 20.7 Å². The van der Waals surface area contributed by atoms with Crippen LogP contribution in [-0.2, 0) is 11.2 Å². The number of hydrogen-bond donors (Lipinski definition) is 3. The first-order valence-corrected chi connectivity index (χ1v) is 6.92. The van der Waals surface area contributed by atoms with Gasteiger partial charge in [-0.25, -0.2) is 0 Å². The number of aryl methyl sites for hydroxylation is 1. The van der Waals surface area contributed by atoms with Crippen LogP contribution in [0.3, 0.4) is 0 Å². The highest BCUT2D eigenvalue weighted by atomic mass is 16.5. The molecule has 4 unspecified atom stereocenters. The molecule has 0 aromatic heterocycles. The quantitative estimate of drug-likeness (QED) is 0.737. The summed E-state index contributed by atoms with van der Waals surface area (Å²) in [4.78, 5) is 0. The first kappa shape index (κ1) is 14.5. The molecule has 0 saturated carbocycles. The van der Waals surface area contributed by atoms with E-state index in [0.29, 0.717) is 6.42 Å². The Labute approximate surface area is 114 Å². The van der Waals surface area contributed by atoms with Crippen molar-refractivity contribution in [3.8, 4) is 0 Å². The highest BCUT2D eigenvalue weighted by molar-refractivity contribution is 5.14. The van der Waals surface area contributed by atoms with Crippen molar-refractivity contribution >= 4 is 0 Å². The fourth-order valence-corrected chi connectivity index (χ4v) is 2.46. The van der Waals surface area contributed by atoms with Crippen LogP contribution in [0, 0.1) is 0 Å². The van der Waals surface area contributed by atoms with Crippen LogP contribution in [-0.4, -0.2) is 41.2 Å². The van der Waals surface area contributed by atoms with E-state index in [1.54, 1.807) is 0 Å². The monoisotopic (exact) mass is 265 g/mol. The minimum absolute atomic E-state index is 0.0378. The molecule has 1 aliphatic heterocycles. The molecule has 0 radical (unpaired) electrons. The van der Waals surface area contributed by atoms with Gasteiger partial charge in [0.1, 0.15) is 6.10 Å². The van der Waals surface area contributed by atoms with E-state index in [1.165, 1.54) is 5.56 Å². The summed E-state index contributed by atoms with van der Waals surface area (Å²) >= 11 is 0. The Balaban J connectivity index is 1.71.